The number of carbonyl (C=O) groups excluding carboxylic acids is 1. The van der Waals surface area contributed by atoms with Crippen LogP contribution in [0.3, 0.4) is 0 Å². The van der Waals surface area contributed by atoms with Gasteiger partial charge in [0, 0.05) is 31.9 Å². The summed E-state index contributed by atoms with van der Waals surface area (Å²) in [6, 6.07) is 7.18. The van der Waals surface area contributed by atoms with Gasteiger partial charge in [-0.05, 0) is 50.3 Å². The molecule has 1 aliphatic rings. The van der Waals surface area contributed by atoms with Gasteiger partial charge in [-0.15, -0.1) is 0 Å². The van der Waals surface area contributed by atoms with Crippen LogP contribution in [0.4, 0.5) is 0 Å². The van der Waals surface area contributed by atoms with Crippen molar-refractivity contribution in [2.24, 2.45) is 0 Å². The minimum Gasteiger partial charge on any atom is -0.508 e. The highest BCUT2D eigenvalue weighted by Crippen LogP contribution is 2.30. The van der Waals surface area contributed by atoms with E-state index in [-0.39, 0.29) is 17.7 Å². The van der Waals surface area contributed by atoms with Crippen LogP contribution in [0.15, 0.2) is 36.7 Å². The Hall–Kier alpha value is -2.30. The molecule has 1 saturated heterocycles. The number of hydrogen-bond donors (Lipinski definition) is 1. The van der Waals surface area contributed by atoms with Crippen molar-refractivity contribution >= 4 is 5.91 Å². The fourth-order valence-electron chi connectivity index (χ4n) is 3.44. The lowest BCUT2D eigenvalue weighted by atomic mass is 10.00. The van der Waals surface area contributed by atoms with Crippen molar-refractivity contribution in [3.63, 3.8) is 0 Å². The summed E-state index contributed by atoms with van der Waals surface area (Å²) in [5, 5.41) is 9.34. The molecular weight excluding hydrogens is 302 g/mol. The summed E-state index contributed by atoms with van der Waals surface area (Å²) in [6.45, 7) is 3.79. The van der Waals surface area contributed by atoms with Crippen LogP contribution in [0, 0.1) is 0 Å². The highest BCUT2D eigenvalue weighted by atomic mass is 16.3. The second-order valence-electron chi connectivity index (χ2n) is 6.34. The lowest BCUT2D eigenvalue weighted by Crippen LogP contribution is -2.39. The number of phenols is 1. The van der Waals surface area contributed by atoms with E-state index in [1.54, 1.807) is 12.1 Å². The largest absolute Gasteiger partial charge is 0.508 e. The number of benzene rings is 1. The molecule has 1 amide bonds. The van der Waals surface area contributed by atoms with Gasteiger partial charge in [0.05, 0.1) is 6.04 Å². The first kappa shape index (κ1) is 16.6. The first-order valence-electron chi connectivity index (χ1n) is 8.77. The van der Waals surface area contributed by atoms with Crippen LogP contribution in [0.25, 0.3) is 0 Å². The minimum atomic E-state index is 0.0982. The molecule has 3 rings (SSSR count). The molecule has 0 saturated carbocycles. The van der Waals surface area contributed by atoms with E-state index in [1.807, 2.05) is 29.4 Å². The Morgan fingerprint density at radius 2 is 2.08 bits per heavy atom. The lowest BCUT2D eigenvalue weighted by Gasteiger charge is -2.35. The number of rotatable bonds is 5. The number of carbonyl (C=O) groups is 1. The Labute approximate surface area is 142 Å². The molecule has 1 aliphatic heterocycles. The van der Waals surface area contributed by atoms with Gasteiger partial charge < -0.3 is 14.6 Å². The van der Waals surface area contributed by atoms with Crippen molar-refractivity contribution in [1.82, 2.24) is 14.5 Å². The predicted octanol–water partition coefficient (Wildman–Crippen LogP) is 3.30. The van der Waals surface area contributed by atoms with Gasteiger partial charge in [-0.3, -0.25) is 4.79 Å². The quantitative estimate of drug-likeness (QED) is 0.917. The van der Waals surface area contributed by atoms with Crippen molar-refractivity contribution < 1.29 is 9.90 Å². The topological polar surface area (TPSA) is 58.4 Å². The van der Waals surface area contributed by atoms with Gasteiger partial charge in [-0.25, -0.2) is 4.98 Å². The number of amides is 1. The Morgan fingerprint density at radius 1 is 1.29 bits per heavy atom. The zero-order chi connectivity index (χ0) is 16.9. The SMILES string of the molecule is CCn1ccnc1[C@H]1CCCCN1C(=O)CCc1ccc(O)cc1. The number of aryl methyl sites for hydroxylation is 2. The maximum absolute atomic E-state index is 12.8. The van der Waals surface area contributed by atoms with Crippen LogP contribution in [0.1, 0.15) is 50.0 Å². The van der Waals surface area contributed by atoms with Crippen molar-refractivity contribution in [1.29, 1.82) is 0 Å². The van der Waals surface area contributed by atoms with Crippen LogP contribution >= 0.6 is 0 Å². The predicted molar refractivity (Wildman–Crippen MR) is 92.6 cm³/mol. The van der Waals surface area contributed by atoms with Crippen LogP contribution in [-0.2, 0) is 17.8 Å². The molecule has 0 unspecified atom stereocenters. The lowest BCUT2D eigenvalue weighted by molar-refractivity contribution is -0.135. The van der Waals surface area contributed by atoms with E-state index < -0.39 is 0 Å². The third kappa shape index (κ3) is 3.61. The zero-order valence-electron chi connectivity index (χ0n) is 14.2. The highest BCUT2D eigenvalue weighted by molar-refractivity contribution is 5.77. The molecule has 1 fully saturated rings. The number of nitrogens with zero attached hydrogens (tertiary/aromatic N) is 3. The Morgan fingerprint density at radius 3 is 2.83 bits per heavy atom. The Kier molecular flexibility index (Phi) is 5.18. The fourth-order valence-corrected chi connectivity index (χ4v) is 3.44. The molecule has 2 heterocycles. The molecule has 1 aromatic carbocycles. The van der Waals surface area contributed by atoms with E-state index in [0.29, 0.717) is 12.8 Å². The molecule has 1 aromatic heterocycles. The van der Waals surface area contributed by atoms with Gasteiger partial charge in [0.25, 0.3) is 0 Å². The molecular formula is C19H25N3O2. The van der Waals surface area contributed by atoms with Crippen LogP contribution < -0.4 is 0 Å². The van der Waals surface area contributed by atoms with Gasteiger partial charge in [-0.2, -0.15) is 0 Å². The summed E-state index contributed by atoms with van der Waals surface area (Å²) in [7, 11) is 0. The second kappa shape index (κ2) is 7.51. The molecule has 1 atom stereocenters. The fraction of sp³-hybridized carbons (Fsp3) is 0.474. The van der Waals surface area contributed by atoms with E-state index in [4.69, 9.17) is 0 Å². The first-order chi connectivity index (χ1) is 11.7. The van der Waals surface area contributed by atoms with Crippen molar-refractivity contribution in [3.8, 4) is 5.75 Å². The number of likely N-dealkylation sites (tertiary alicyclic amines) is 1. The number of phenolic OH excluding ortho intramolecular Hbond substituents is 1. The first-order valence-corrected chi connectivity index (χ1v) is 8.77. The monoisotopic (exact) mass is 327 g/mol. The van der Waals surface area contributed by atoms with Gasteiger partial charge >= 0.3 is 0 Å². The minimum absolute atomic E-state index is 0.0982. The van der Waals surface area contributed by atoms with Crippen molar-refractivity contribution in [2.45, 2.75) is 51.6 Å². The maximum Gasteiger partial charge on any atom is 0.223 e. The highest BCUT2D eigenvalue weighted by Gasteiger charge is 2.30. The third-order valence-electron chi connectivity index (χ3n) is 4.77. The van der Waals surface area contributed by atoms with Crippen LogP contribution in [0.5, 0.6) is 5.75 Å². The number of hydrogen-bond acceptors (Lipinski definition) is 3. The Balaban J connectivity index is 1.68. The normalized spacial score (nSPS) is 17.9. The van der Waals surface area contributed by atoms with Crippen LogP contribution in [0.2, 0.25) is 0 Å². The van der Waals surface area contributed by atoms with E-state index in [9.17, 15) is 9.90 Å². The summed E-state index contributed by atoms with van der Waals surface area (Å²) in [6.07, 6.45) is 8.20. The van der Waals surface area contributed by atoms with Crippen molar-refractivity contribution in [3.05, 3.63) is 48.0 Å². The molecule has 2 aromatic rings. The molecule has 0 radical (unpaired) electrons. The summed E-state index contributed by atoms with van der Waals surface area (Å²) >= 11 is 0. The summed E-state index contributed by atoms with van der Waals surface area (Å²) in [4.78, 5) is 19.3. The number of imidazole rings is 1. The number of aromatic hydroxyl groups is 1. The molecule has 24 heavy (non-hydrogen) atoms. The summed E-state index contributed by atoms with van der Waals surface area (Å²) < 4.78 is 2.14. The second-order valence-corrected chi connectivity index (χ2v) is 6.34. The summed E-state index contributed by atoms with van der Waals surface area (Å²) in [5.74, 6) is 1.46. The van der Waals surface area contributed by atoms with E-state index in [0.717, 1.165) is 43.7 Å². The average molecular weight is 327 g/mol. The molecule has 0 spiro atoms. The smallest absolute Gasteiger partial charge is 0.223 e. The zero-order valence-corrected chi connectivity index (χ0v) is 14.2. The third-order valence-corrected chi connectivity index (χ3v) is 4.77. The Bertz CT molecular complexity index is 678. The standard InChI is InChI=1S/C19H25N3O2/c1-2-21-14-12-20-19(21)17-5-3-4-13-22(17)18(24)11-8-15-6-9-16(23)10-7-15/h6-7,9-10,12,14,17,23H,2-5,8,11,13H2,1H3/t17-/m1/s1. The maximum atomic E-state index is 12.8. The molecule has 5 nitrogen and oxygen atoms in total. The summed E-state index contributed by atoms with van der Waals surface area (Å²) in [5.41, 5.74) is 1.07. The molecule has 128 valence electrons. The van der Waals surface area contributed by atoms with Gasteiger partial charge in [-0.1, -0.05) is 12.1 Å². The molecule has 0 aliphatic carbocycles. The number of aromatic nitrogens is 2. The van der Waals surface area contributed by atoms with E-state index in [1.165, 1.54) is 0 Å². The van der Waals surface area contributed by atoms with Gasteiger partial charge in [0.15, 0.2) is 0 Å². The van der Waals surface area contributed by atoms with E-state index in [2.05, 4.69) is 16.5 Å². The number of piperidine rings is 1. The average Bonchev–Trinajstić information content (AvgIpc) is 3.09. The molecule has 0 bridgehead atoms. The van der Waals surface area contributed by atoms with Crippen molar-refractivity contribution in [2.75, 3.05) is 6.54 Å². The van der Waals surface area contributed by atoms with Gasteiger partial charge in [0.2, 0.25) is 5.91 Å². The molecule has 1 N–H and O–H groups in total. The molecule has 5 heteroatoms. The van der Waals surface area contributed by atoms with Gasteiger partial charge in [0.1, 0.15) is 11.6 Å². The van der Waals surface area contributed by atoms with E-state index >= 15 is 0 Å². The van der Waals surface area contributed by atoms with Crippen LogP contribution in [-0.4, -0.2) is 32.0 Å².